The highest BCUT2D eigenvalue weighted by atomic mass is 19.1. The van der Waals surface area contributed by atoms with Crippen LogP contribution in [0.3, 0.4) is 0 Å². The van der Waals surface area contributed by atoms with Gasteiger partial charge in [-0.25, -0.2) is 18.7 Å². The van der Waals surface area contributed by atoms with Crippen LogP contribution in [0.4, 0.5) is 20.4 Å². The number of nitrogens with two attached hydrogens (primary N) is 3. The summed E-state index contributed by atoms with van der Waals surface area (Å²) >= 11 is 0. The van der Waals surface area contributed by atoms with Gasteiger partial charge in [-0.2, -0.15) is 0 Å². The van der Waals surface area contributed by atoms with Crippen LogP contribution in [0.2, 0.25) is 0 Å². The normalized spacial score (nSPS) is 13.9. The van der Waals surface area contributed by atoms with Gasteiger partial charge in [0, 0.05) is 48.8 Å². The number of carbonyl (C=O) groups excluding carboxylic acids is 2. The number of aromatic nitrogens is 2. The quantitative estimate of drug-likeness (QED) is 0.163. The van der Waals surface area contributed by atoms with E-state index in [1.807, 2.05) is 36.4 Å². The molecule has 7 rings (SSSR count). The highest BCUT2D eigenvalue weighted by Crippen LogP contribution is 2.32. The number of primary amides is 1. The van der Waals surface area contributed by atoms with Gasteiger partial charge in [-0.1, -0.05) is 36.4 Å². The molecule has 6 aromatic rings. The molecule has 0 unspecified atom stereocenters. The molecule has 2 aromatic heterocycles. The number of nitrogens with zero attached hydrogens (tertiary/aromatic N) is 3. The van der Waals surface area contributed by atoms with Gasteiger partial charge in [0.05, 0.1) is 11.1 Å². The molecule has 1 aliphatic rings. The summed E-state index contributed by atoms with van der Waals surface area (Å²) in [6, 6.07) is 22.0. The fourth-order valence-corrected chi connectivity index (χ4v) is 6.60. The SMILES string of the molecule is NC(=O)c1cnc(N)c2cc(-c3cc(F)cc(CN4CCC(NC(=O)c5cnc(N)c6cc(-c7cccc(F)c7)ccc56)CC4)c3)ccc12. The predicted octanol–water partition coefficient (Wildman–Crippen LogP) is 6.05. The van der Waals surface area contributed by atoms with Crippen molar-refractivity contribution in [3.05, 3.63) is 120 Å². The number of piperidine rings is 1. The maximum absolute atomic E-state index is 14.9. The number of rotatable bonds is 7. The number of fused-ring (bicyclic) bond motifs is 2. The zero-order valence-corrected chi connectivity index (χ0v) is 26.4. The molecule has 0 atom stereocenters. The van der Waals surface area contributed by atoms with Crippen molar-refractivity contribution >= 4 is 45.0 Å². The van der Waals surface area contributed by atoms with Crippen molar-refractivity contribution in [2.24, 2.45) is 5.73 Å². The number of nitrogen functional groups attached to an aromatic ring is 2. The number of nitrogens with one attached hydrogen (secondary N) is 1. The first-order valence-corrected chi connectivity index (χ1v) is 15.9. The molecule has 2 amide bonds. The Morgan fingerprint density at radius 1 is 0.714 bits per heavy atom. The lowest BCUT2D eigenvalue weighted by atomic mass is 9.97. The highest BCUT2D eigenvalue weighted by Gasteiger charge is 2.23. The third kappa shape index (κ3) is 6.48. The second kappa shape index (κ2) is 12.9. The summed E-state index contributed by atoms with van der Waals surface area (Å²) in [4.78, 5) is 35.9. The molecule has 1 aliphatic heterocycles. The van der Waals surface area contributed by atoms with Crippen molar-refractivity contribution in [2.75, 3.05) is 24.6 Å². The average Bonchev–Trinajstić information content (AvgIpc) is 3.09. The Morgan fingerprint density at radius 2 is 1.31 bits per heavy atom. The molecule has 49 heavy (non-hydrogen) atoms. The van der Waals surface area contributed by atoms with Crippen molar-refractivity contribution in [1.29, 1.82) is 0 Å². The largest absolute Gasteiger partial charge is 0.383 e. The number of carbonyl (C=O) groups is 2. The maximum atomic E-state index is 14.9. The minimum absolute atomic E-state index is 0.0482. The Balaban J connectivity index is 1.02. The topological polar surface area (TPSA) is 153 Å². The minimum Gasteiger partial charge on any atom is -0.383 e. The van der Waals surface area contributed by atoms with Gasteiger partial charge in [0.25, 0.3) is 11.8 Å². The first-order chi connectivity index (χ1) is 23.6. The first kappa shape index (κ1) is 31.6. The molecule has 246 valence electrons. The lowest BCUT2D eigenvalue weighted by Gasteiger charge is -2.32. The van der Waals surface area contributed by atoms with Crippen molar-refractivity contribution in [2.45, 2.75) is 25.4 Å². The van der Waals surface area contributed by atoms with E-state index < -0.39 is 5.91 Å². The average molecular weight is 658 g/mol. The number of hydrogen-bond donors (Lipinski definition) is 4. The fourth-order valence-electron chi connectivity index (χ4n) is 6.60. The van der Waals surface area contributed by atoms with Crippen LogP contribution in [0, 0.1) is 11.6 Å². The third-order valence-corrected chi connectivity index (χ3v) is 9.12. The van der Waals surface area contributed by atoms with Crippen LogP contribution in [0.5, 0.6) is 0 Å². The van der Waals surface area contributed by atoms with Gasteiger partial charge in [0.2, 0.25) is 0 Å². The van der Waals surface area contributed by atoms with E-state index in [2.05, 4.69) is 20.2 Å². The lowest BCUT2D eigenvalue weighted by Crippen LogP contribution is -2.44. The number of hydrogen-bond acceptors (Lipinski definition) is 7. The molecule has 0 spiro atoms. The number of amides is 2. The molecule has 0 bridgehead atoms. The van der Waals surface area contributed by atoms with Crippen LogP contribution in [-0.4, -0.2) is 45.8 Å². The van der Waals surface area contributed by atoms with Gasteiger partial charge in [-0.05, 0) is 93.9 Å². The summed E-state index contributed by atoms with van der Waals surface area (Å²) in [6.45, 7) is 1.96. The smallest absolute Gasteiger partial charge is 0.253 e. The van der Waals surface area contributed by atoms with Crippen LogP contribution in [0.25, 0.3) is 43.8 Å². The number of likely N-dealkylation sites (tertiary alicyclic amines) is 1. The summed E-state index contributed by atoms with van der Waals surface area (Å²) in [5.41, 5.74) is 22.2. The standard InChI is InChI=1S/C38H33F2N7O2/c39-26-3-1-2-22(14-26)23-4-7-30-32(16-23)36(42)45-19-34(30)38(49)46-28-8-10-47(11-9-28)20-21-12-25(15-27(40)13-21)24-5-6-29-31(17-24)35(41)44-18-33(29)37(43)48/h1-7,12-19,28H,8-11,20H2,(H2,41,44)(H2,42,45)(H2,43,48)(H,46,49). The van der Waals surface area contributed by atoms with Crippen molar-refractivity contribution in [3.8, 4) is 22.3 Å². The van der Waals surface area contributed by atoms with E-state index in [0.29, 0.717) is 57.9 Å². The molecule has 3 heterocycles. The summed E-state index contributed by atoms with van der Waals surface area (Å²) in [6.07, 6.45) is 4.29. The summed E-state index contributed by atoms with van der Waals surface area (Å²) in [5.74, 6) is -0.995. The Kier molecular flexibility index (Phi) is 8.35. The van der Waals surface area contributed by atoms with E-state index in [1.165, 1.54) is 36.7 Å². The Hall–Kier alpha value is -5.94. The van der Waals surface area contributed by atoms with E-state index in [9.17, 15) is 18.4 Å². The van der Waals surface area contributed by atoms with Crippen LogP contribution in [0.15, 0.2) is 91.3 Å². The van der Waals surface area contributed by atoms with Gasteiger partial charge in [-0.15, -0.1) is 0 Å². The first-order valence-electron chi connectivity index (χ1n) is 15.9. The molecule has 0 radical (unpaired) electrons. The van der Waals surface area contributed by atoms with Crippen molar-refractivity contribution in [3.63, 3.8) is 0 Å². The van der Waals surface area contributed by atoms with Crippen molar-refractivity contribution < 1.29 is 18.4 Å². The lowest BCUT2D eigenvalue weighted by molar-refractivity contribution is 0.0909. The van der Waals surface area contributed by atoms with E-state index in [-0.39, 0.29) is 40.8 Å². The molecule has 0 saturated carbocycles. The summed E-state index contributed by atoms with van der Waals surface area (Å²) in [7, 11) is 0. The Morgan fingerprint density at radius 3 is 1.96 bits per heavy atom. The Labute approximate surface area is 280 Å². The van der Waals surface area contributed by atoms with Crippen molar-refractivity contribution in [1.82, 2.24) is 20.2 Å². The van der Waals surface area contributed by atoms with Gasteiger partial charge >= 0.3 is 0 Å². The summed E-state index contributed by atoms with van der Waals surface area (Å²) < 4.78 is 28.7. The molecular weight excluding hydrogens is 624 g/mol. The Bertz CT molecular complexity index is 2270. The van der Waals surface area contributed by atoms with Gasteiger partial charge in [0.15, 0.2) is 0 Å². The molecule has 0 aliphatic carbocycles. The summed E-state index contributed by atoms with van der Waals surface area (Å²) in [5, 5.41) is 5.61. The number of anilines is 2. The highest BCUT2D eigenvalue weighted by molar-refractivity contribution is 6.10. The van der Waals surface area contributed by atoms with E-state index in [4.69, 9.17) is 17.2 Å². The second-order valence-corrected chi connectivity index (χ2v) is 12.4. The second-order valence-electron chi connectivity index (χ2n) is 12.4. The molecule has 7 N–H and O–H groups in total. The molecule has 1 saturated heterocycles. The fraction of sp³-hybridized carbons (Fsp3) is 0.158. The predicted molar refractivity (Wildman–Crippen MR) is 187 cm³/mol. The number of pyridine rings is 2. The maximum Gasteiger partial charge on any atom is 0.253 e. The number of halogens is 2. The van der Waals surface area contributed by atoms with Crippen LogP contribution in [-0.2, 0) is 6.54 Å². The molecule has 11 heteroatoms. The zero-order valence-electron chi connectivity index (χ0n) is 26.4. The van der Waals surface area contributed by atoms with Gasteiger partial charge in [-0.3, -0.25) is 14.5 Å². The van der Waals surface area contributed by atoms with E-state index in [1.54, 1.807) is 18.2 Å². The minimum atomic E-state index is -0.602. The van der Waals surface area contributed by atoms with E-state index >= 15 is 0 Å². The van der Waals surface area contributed by atoms with Gasteiger partial charge in [0.1, 0.15) is 23.3 Å². The van der Waals surface area contributed by atoms with Crippen LogP contribution in [0.1, 0.15) is 39.1 Å². The molecular formula is C38H33F2N7O2. The van der Waals surface area contributed by atoms with Gasteiger partial charge < -0.3 is 22.5 Å². The molecule has 4 aromatic carbocycles. The van der Waals surface area contributed by atoms with Crippen LogP contribution < -0.4 is 22.5 Å². The van der Waals surface area contributed by atoms with Crippen LogP contribution >= 0.6 is 0 Å². The zero-order chi connectivity index (χ0) is 34.2. The monoisotopic (exact) mass is 657 g/mol. The molecule has 9 nitrogen and oxygen atoms in total. The number of benzene rings is 4. The third-order valence-electron chi connectivity index (χ3n) is 9.12. The molecule has 1 fully saturated rings. The van der Waals surface area contributed by atoms with E-state index in [0.717, 1.165) is 29.5 Å².